The molecule has 0 saturated carbocycles. The van der Waals surface area contributed by atoms with Gasteiger partial charge < -0.3 is 4.57 Å². The highest BCUT2D eigenvalue weighted by Crippen LogP contribution is 2.31. The van der Waals surface area contributed by atoms with E-state index in [2.05, 4.69) is 52.2 Å². The molecule has 25 heavy (non-hydrogen) atoms. The molecule has 0 radical (unpaired) electrons. The number of benzene rings is 1. The minimum absolute atomic E-state index is 0.781. The molecule has 124 valence electrons. The second-order valence-electron chi connectivity index (χ2n) is 6.43. The quantitative estimate of drug-likeness (QED) is 0.501. The Morgan fingerprint density at radius 3 is 2.80 bits per heavy atom. The average molecular weight is 328 g/mol. The zero-order valence-corrected chi connectivity index (χ0v) is 14.5. The molecule has 3 heterocycles. The van der Waals surface area contributed by atoms with Crippen molar-refractivity contribution in [3.63, 3.8) is 0 Å². The molecule has 0 fully saturated rings. The second kappa shape index (κ2) is 5.74. The Labute approximate surface area is 146 Å². The maximum atomic E-state index is 4.52. The van der Waals surface area contributed by atoms with E-state index in [1.807, 2.05) is 42.9 Å². The molecule has 4 rings (SSSR count). The van der Waals surface area contributed by atoms with Crippen molar-refractivity contribution in [2.24, 2.45) is 0 Å². The molecule has 0 aliphatic rings. The van der Waals surface area contributed by atoms with Crippen LogP contribution in [0.1, 0.15) is 18.2 Å². The van der Waals surface area contributed by atoms with Crippen LogP contribution >= 0.6 is 0 Å². The number of aromatic nitrogens is 4. The normalized spacial score (nSPS) is 11.3. The van der Waals surface area contributed by atoms with E-state index in [-0.39, 0.29) is 0 Å². The molecule has 0 aliphatic heterocycles. The maximum Gasteiger partial charge on any atom is 0.155 e. The number of allylic oxidation sites excluding steroid dienone is 2. The lowest BCUT2D eigenvalue weighted by molar-refractivity contribution is 0.864. The lowest BCUT2D eigenvalue weighted by Crippen LogP contribution is -1.93. The van der Waals surface area contributed by atoms with E-state index in [1.165, 1.54) is 16.5 Å². The summed E-state index contributed by atoms with van der Waals surface area (Å²) in [6, 6.07) is 8.46. The van der Waals surface area contributed by atoms with Crippen molar-refractivity contribution in [2.45, 2.75) is 20.4 Å². The van der Waals surface area contributed by atoms with Crippen molar-refractivity contribution in [3.05, 3.63) is 73.3 Å². The number of fused-ring (bicyclic) bond motifs is 2. The van der Waals surface area contributed by atoms with Gasteiger partial charge >= 0.3 is 0 Å². The molecule has 0 unspecified atom stereocenters. The summed E-state index contributed by atoms with van der Waals surface area (Å²) in [6.07, 6.45) is 7.99. The van der Waals surface area contributed by atoms with Gasteiger partial charge in [-0.1, -0.05) is 18.7 Å². The summed E-state index contributed by atoms with van der Waals surface area (Å²) in [7, 11) is 0. The standard InChI is InChI=1S/C21H20N4/c1-5-8-24-13-19(14(2)3)18-10-16(6-7-20(18)24)17-11-22-21-9-15(4)23-25(21)12-17/h5-7,9-13H,1-2,8H2,3-4H3. The van der Waals surface area contributed by atoms with Gasteiger partial charge in [0, 0.05) is 53.2 Å². The van der Waals surface area contributed by atoms with E-state index in [4.69, 9.17) is 0 Å². The molecule has 0 spiro atoms. The van der Waals surface area contributed by atoms with Gasteiger partial charge in [-0.2, -0.15) is 5.10 Å². The summed E-state index contributed by atoms with van der Waals surface area (Å²) >= 11 is 0. The highest BCUT2D eigenvalue weighted by Gasteiger charge is 2.11. The van der Waals surface area contributed by atoms with Crippen molar-refractivity contribution in [1.29, 1.82) is 0 Å². The average Bonchev–Trinajstić information content (AvgIpc) is 3.14. The summed E-state index contributed by atoms with van der Waals surface area (Å²) in [5, 5.41) is 5.66. The van der Waals surface area contributed by atoms with Gasteiger partial charge in [0.05, 0.1) is 5.69 Å². The van der Waals surface area contributed by atoms with Gasteiger partial charge in [-0.25, -0.2) is 9.50 Å². The third-order valence-corrected chi connectivity index (χ3v) is 4.44. The van der Waals surface area contributed by atoms with Gasteiger partial charge in [-0.3, -0.25) is 0 Å². The van der Waals surface area contributed by atoms with Crippen LogP contribution in [-0.2, 0) is 6.54 Å². The predicted molar refractivity (Wildman–Crippen MR) is 104 cm³/mol. The van der Waals surface area contributed by atoms with Crippen molar-refractivity contribution in [3.8, 4) is 11.1 Å². The first-order chi connectivity index (χ1) is 12.1. The zero-order chi connectivity index (χ0) is 17.6. The van der Waals surface area contributed by atoms with Gasteiger partial charge in [0.25, 0.3) is 0 Å². The monoisotopic (exact) mass is 328 g/mol. The lowest BCUT2D eigenvalue weighted by atomic mass is 10.0. The topological polar surface area (TPSA) is 35.1 Å². The summed E-state index contributed by atoms with van der Waals surface area (Å²) in [5.41, 5.74) is 7.40. The van der Waals surface area contributed by atoms with Crippen LogP contribution in [0.15, 0.2) is 62.1 Å². The van der Waals surface area contributed by atoms with E-state index in [9.17, 15) is 0 Å². The van der Waals surface area contributed by atoms with Crippen molar-refractivity contribution in [1.82, 2.24) is 19.2 Å². The van der Waals surface area contributed by atoms with Crippen molar-refractivity contribution in [2.75, 3.05) is 0 Å². The Hall–Kier alpha value is -3.14. The van der Waals surface area contributed by atoms with Crippen LogP contribution in [0.3, 0.4) is 0 Å². The van der Waals surface area contributed by atoms with E-state index < -0.39 is 0 Å². The largest absolute Gasteiger partial charge is 0.343 e. The minimum atomic E-state index is 0.781. The molecule has 0 aliphatic carbocycles. The molecule has 0 bridgehead atoms. The first kappa shape index (κ1) is 15.4. The molecule has 3 aromatic heterocycles. The van der Waals surface area contributed by atoms with Crippen LogP contribution in [-0.4, -0.2) is 19.2 Å². The molecular formula is C21H20N4. The number of rotatable bonds is 4. The Bertz CT molecular complexity index is 1130. The molecule has 0 N–H and O–H groups in total. The lowest BCUT2D eigenvalue weighted by Gasteiger charge is -2.05. The number of nitrogens with zero attached hydrogens (tertiary/aromatic N) is 4. The van der Waals surface area contributed by atoms with Gasteiger partial charge in [0.1, 0.15) is 0 Å². The van der Waals surface area contributed by atoms with Gasteiger partial charge in [0.15, 0.2) is 5.65 Å². The van der Waals surface area contributed by atoms with Crippen LogP contribution in [0, 0.1) is 6.92 Å². The number of aryl methyl sites for hydroxylation is 1. The molecular weight excluding hydrogens is 308 g/mol. The zero-order valence-electron chi connectivity index (χ0n) is 14.5. The molecule has 4 heteroatoms. The SMILES string of the molecule is C=CCn1cc(C(=C)C)c2cc(-c3cnc4cc(C)nn4c3)ccc21. The first-order valence-electron chi connectivity index (χ1n) is 8.29. The van der Waals surface area contributed by atoms with E-state index in [0.29, 0.717) is 0 Å². The highest BCUT2D eigenvalue weighted by atomic mass is 15.2. The van der Waals surface area contributed by atoms with Gasteiger partial charge in [-0.15, -0.1) is 6.58 Å². The second-order valence-corrected chi connectivity index (χ2v) is 6.43. The van der Waals surface area contributed by atoms with Crippen LogP contribution in [0.25, 0.3) is 33.3 Å². The van der Waals surface area contributed by atoms with Gasteiger partial charge in [0.2, 0.25) is 0 Å². The highest BCUT2D eigenvalue weighted by molar-refractivity contribution is 5.95. The first-order valence-corrected chi connectivity index (χ1v) is 8.29. The summed E-state index contributed by atoms with van der Waals surface area (Å²) in [6.45, 7) is 12.8. The molecule has 0 atom stereocenters. The van der Waals surface area contributed by atoms with Crippen LogP contribution in [0.4, 0.5) is 0 Å². The Balaban J connectivity index is 1.90. The fourth-order valence-corrected chi connectivity index (χ4v) is 3.25. The Morgan fingerprint density at radius 1 is 1.20 bits per heavy atom. The van der Waals surface area contributed by atoms with Gasteiger partial charge in [-0.05, 0) is 37.1 Å². The van der Waals surface area contributed by atoms with E-state index in [1.54, 1.807) is 0 Å². The van der Waals surface area contributed by atoms with Crippen LogP contribution in [0.2, 0.25) is 0 Å². The molecule has 4 aromatic rings. The van der Waals surface area contributed by atoms with E-state index >= 15 is 0 Å². The molecule has 0 amide bonds. The number of hydrogen-bond donors (Lipinski definition) is 0. The Kier molecular flexibility index (Phi) is 3.53. The third kappa shape index (κ3) is 2.56. The minimum Gasteiger partial charge on any atom is -0.343 e. The van der Waals surface area contributed by atoms with Crippen LogP contribution in [0.5, 0.6) is 0 Å². The van der Waals surface area contributed by atoms with Crippen molar-refractivity contribution < 1.29 is 0 Å². The Morgan fingerprint density at radius 2 is 2.04 bits per heavy atom. The third-order valence-electron chi connectivity index (χ3n) is 4.44. The molecule has 1 aromatic carbocycles. The summed E-state index contributed by atoms with van der Waals surface area (Å²) in [4.78, 5) is 4.52. The fraction of sp³-hybridized carbons (Fsp3) is 0.143. The fourth-order valence-electron chi connectivity index (χ4n) is 3.25. The number of hydrogen-bond acceptors (Lipinski definition) is 2. The van der Waals surface area contributed by atoms with E-state index in [0.717, 1.165) is 34.6 Å². The smallest absolute Gasteiger partial charge is 0.155 e. The molecule has 0 saturated heterocycles. The van der Waals surface area contributed by atoms with Crippen LogP contribution < -0.4 is 0 Å². The maximum absolute atomic E-state index is 4.52. The van der Waals surface area contributed by atoms with Crippen molar-refractivity contribution >= 4 is 22.1 Å². The molecule has 4 nitrogen and oxygen atoms in total. The summed E-state index contributed by atoms with van der Waals surface area (Å²) < 4.78 is 4.03. The summed E-state index contributed by atoms with van der Waals surface area (Å²) in [5.74, 6) is 0. The predicted octanol–water partition coefficient (Wildman–Crippen LogP) is 4.88.